The molecule has 0 spiro atoms. The topological polar surface area (TPSA) is 112 Å². The molecule has 1 saturated carbocycles. The van der Waals surface area contributed by atoms with E-state index < -0.39 is 31.2 Å². The minimum absolute atomic E-state index is 0.00258. The molecule has 3 rings (SSSR count). The van der Waals surface area contributed by atoms with Crippen LogP contribution < -0.4 is 0 Å². The average molecular weight is 619 g/mol. The van der Waals surface area contributed by atoms with E-state index in [0.717, 1.165) is 56.6 Å². The molecule has 0 heterocycles. The first kappa shape index (κ1) is 35.1. The molecular weight excluding hydrogens is 574 g/mol. The molecule has 0 radical (unpaired) electrons. The first-order chi connectivity index (χ1) is 21.2. The molecular formula is C34H44F2O8. The lowest BCUT2D eigenvalue weighted by Gasteiger charge is -2.32. The summed E-state index contributed by atoms with van der Waals surface area (Å²) in [6.07, 6.45) is 15.3. The van der Waals surface area contributed by atoms with Crippen LogP contribution in [0, 0.1) is 11.8 Å². The van der Waals surface area contributed by atoms with Crippen LogP contribution in [0.25, 0.3) is 0 Å². The number of carbonyl (C=O) groups is 2. The second-order valence-electron chi connectivity index (χ2n) is 11.2. The van der Waals surface area contributed by atoms with Crippen molar-refractivity contribution in [1.29, 1.82) is 0 Å². The smallest absolute Gasteiger partial charge is 0.335 e. The van der Waals surface area contributed by atoms with Crippen LogP contribution in [0.3, 0.4) is 0 Å². The van der Waals surface area contributed by atoms with Gasteiger partial charge < -0.3 is 29.2 Å². The molecule has 1 unspecified atom stereocenters. The van der Waals surface area contributed by atoms with Gasteiger partial charge >= 0.3 is 11.9 Å². The maximum Gasteiger partial charge on any atom is 0.335 e. The number of allylic oxidation sites excluding steroid dienone is 6. The maximum absolute atomic E-state index is 12.3. The molecule has 1 atom stereocenters. The lowest BCUT2D eigenvalue weighted by molar-refractivity contribution is -0.141. The number of aliphatic hydroxyl groups is 2. The Labute approximate surface area is 258 Å². The molecule has 0 aliphatic heterocycles. The Balaban J connectivity index is 1.59. The predicted octanol–water partition coefficient (Wildman–Crippen LogP) is 5.80. The van der Waals surface area contributed by atoms with E-state index in [9.17, 15) is 18.4 Å². The van der Waals surface area contributed by atoms with E-state index in [1.807, 2.05) is 12.2 Å². The first-order valence-corrected chi connectivity index (χ1v) is 15.2. The predicted molar refractivity (Wildman–Crippen MR) is 161 cm³/mol. The molecule has 0 amide bonds. The van der Waals surface area contributed by atoms with Gasteiger partial charge in [0.1, 0.15) is 25.6 Å². The average Bonchev–Trinajstić information content (AvgIpc) is 3.04. The summed E-state index contributed by atoms with van der Waals surface area (Å²) < 4.78 is 46.7. The number of aliphatic hydroxyl groups excluding tert-OH is 2. The number of carbonyl (C=O) groups excluding carboxylic acids is 2. The minimum atomic E-state index is -1.59. The highest BCUT2D eigenvalue weighted by Gasteiger charge is 2.26. The molecule has 44 heavy (non-hydrogen) atoms. The Bertz CT molecular complexity index is 1180. The molecule has 0 bridgehead atoms. The SMILES string of the molecule is C=C(CO)C(=O)OCCOC1=CC(OCCOC(=O)C(=C)CO)CC(C2=CC=C(C3CCC(CCC=C(F)F)CC3)CC2)=C1. The van der Waals surface area contributed by atoms with Gasteiger partial charge in [-0.3, -0.25) is 0 Å². The van der Waals surface area contributed by atoms with E-state index in [0.29, 0.717) is 30.4 Å². The van der Waals surface area contributed by atoms with Crippen molar-refractivity contribution in [1.82, 2.24) is 0 Å². The third-order valence-electron chi connectivity index (χ3n) is 8.12. The number of esters is 2. The van der Waals surface area contributed by atoms with Crippen molar-refractivity contribution < 1.29 is 47.5 Å². The molecule has 0 aromatic heterocycles. The third-order valence-corrected chi connectivity index (χ3v) is 8.12. The Morgan fingerprint density at radius 3 is 2.14 bits per heavy atom. The van der Waals surface area contributed by atoms with Gasteiger partial charge in [-0.05, 0) is 92.6 Å². The van der Waals surface area contributed by atoms with Gasteiger partial charge in [0.15, 0.2) is 0 Å². The second kappa shape index (κ2) is 18.5. The second-order valence-corrected chi connectivity index (χ2v) is 11.2. The van der Waals surface area contributed by atoms with E-state index >= 15 is 0 Å². The van der Waals surface area contributed by atoms with Crippen molar-refractivity contribution in [2.45, 2.75) is 63.9 Å². The van der Waals surface area contributed by atoms with Crippen LogP contribution in [-0.2, 0) is 28.5 Å². The zero-order chi connectivity index (χ0) is 31.9. The summed E-state index contributed by atoms with van der Waals surface area (Å²) in [5, 5.41) is 18.0. The molecule has 242 valence electrons. The molecule has 3 aliphatic carbocycles. The fourth-order valence-corrected chi connectivity index (χ4v) is 5.63. The summed E-state index contributed by atoms with van der Waals surface area (Å²) >= 11 is 0. The Hall–Kier alpha value is -3.34. The molecule has 0 aromatic carbocycles. The van der Waals surface area contributed by atoms with Gasteiger partial charge in [0.2, 0.25) is 0 Å². The van der Waals surface area contributed by atoms with Crippen molar-refractivity contribution >= 4 is 11.9 Å². The van der Waals surface area contributed by atoms with Gasteiger partial charge in [-0.25, -0.2) is 9.59 Å². The molecule has 3 aliphatic rings. The molecule has 8 nitrogen and oxygen atoms in total. The fraction of sp³-hybridized carbons (Fsp3) is 0.529. The zero-order valence-corrected chi connectivity index (χ0v) is 25.2. The van der Waals surface area contributed by atoms with Gasteiger partial charge in [-0.2, -0.15) is 8.78 Å². The highest BCUT2D eigenvalue weighted by Crippen LogP contribution is 2.40. The Kier molecular flexibility index (Phi) is 14.7. The molecule has 0 aromatic rings. The largest absolute Gasteiger partial charge is 0.490 e. The summed E-state index contributed by atoms with van der Waals surface area (Å²) in [6.45, 7) is 6.15. The van der Waals surface area contributed by atoms with Crippen molar-refractivity contribution in [3.8, 4) is 0 Å². The van der Waals surface area contributed by atoms with Gasteiger partial charge in [-0.15, -0.1) is 0 Å². The van der Waals surface area contributed by atoms with Crippen LogP contribution in [0.1, 0.15) is 57.8 Å². The van der Waals surface area contributed by atoms with E-state index in [-0.39, 0.29) is 43.7 Å². The van der Waals surface area contributed by atoms with Gasteiger partial charge in [-0.1, -0.05) is 30.9 Å². The Morgan fingerprint density at radius 2 is 1.55 bits per heavy atom. The summed E-state index contributed by atoms with van der Waals surface area (Å²) in [5.74, 6) is 0.251. The zero-order valence-electron chi connectivity index (χ0n) is 25.2. The third kappa shape index (κ3) is 11.6. The van der Waals surface area contributed by atoms with Crippen LogP contribution >= 0.6 is 0 Å². The number of hydrogen-bond donors (Lipinski definition) is 2. The number of hydrogen-bond acceptors (Lipinski definition) is 8. The van der Waals surface area contributed by atoms with Crippen molar-refractivity contribution in [3.05, 3.63) is 83.2 Å². The highest BCUT2D eigenvalue weighted by molar-refractivity contribution is 5.88. The van der Waals surface area contributed by atoms with Crippen molar-refractivity contribution in [2.24, 2.45) is 11.8 Å². The number of halogens is 2. The minimum Gasteiger partial charge on any atom is -0.490 e. The van der Waals surface area contributed by atoms with Gasteiger partial charge in [0.25, 0.3) is 6.08 Å². The lowest BCUT2D eigenvalue weighted by Crippen LogP contribution is -2.22. The summed E-state index contributed by atoms with van der Waals surface area (Å²) in [5.41, 5.74) is 3.63. The normalized spacial score (nSPS) is 21.6. The number of rotatable bonds is 17. The van der Waals surface area contributed by atoms with Gasteiger partial charge in [0.05, 0.1) is 37.1 Å². The molecule has 1 fully saturated rings. The molecule has 0 saturated heterocycles. The van der Waals surface area contributed by atoms with Crippen LogP contribution in [0.2, 0.25) is 0 Å². The van der Waals surface area contributed by atoms with E-state index in [4.69, 9.17) is 29.2 Å². The number of ether oxygens (including phenoxy) is 4. The van der Waals surface area contributed by atoms with E-state index in [2.05, 4.69) is 25.3 Å². The molecule has 10 heteroatoms. The van der Waals surface area contributed by atoms with E-state index in [1.54, 1.807) is 0 Å². The monoisotopic (exact) mass is 618 g/mol. The van der Waals surface area contributed by atoms with E-state index in [1.165, 1.54) is 11.1 Å². The maximum atomic E-state index is 12.3. The fourth-order valence-electron chi connectivity index (χ4n) is 5.63. The van der Waals surface area contributed by atoms with Crippen LogP contribution in [0.15, 0.2) is 83.2 Å². The van der Waals surface area contributed by atoms with Crippen LogP contribution in [0.5, 0.6) is 0 Å². The van der Waals surface area contributed by atoms with Crippen LogP contribution in [0.4, 0.5) is 8.78 Å². The Morgan fingerprint density at radius 1 is 0.886 bits per heavy atom. The summed E-state index contributed by atoms with van der Waals surface area (Å²) in [6, 6.07) is 0. The summed E-state index contributed by atoms with van der Waals surface area (Å²) in [7, 11) is 0. The first-order valence-electron chi connectivity index (χ1n) is 15.2. The summed E-state index contributed by atoms with van der Waals surface area (Å²) in [4.78, 5) is 23.5. The quantitative estimate of drug-likeness (QED) is 0.120. The van der Waals surface area contributed by atoms with Crippen molar-refractivity contribution in [2.75, 3.05) is 39.6 Å². The molecule has 2 N–H and O–H groups in total. The van der Waals surface area contributed by atoms with Gasteiger partial charge in [0, 0.05) is 6.42 Å². The lowest BCUT2D eigenvalue weighted by atomic mass is 9.74. The van der Waals surface area contributed by atoms with Crippen LogP contribution in [-0.4, -0.2) is 67.9 Å². The highest BCUT2D eigenvalue weighted by atomic mass is 19.3. The van der Waals surface area contributed by atoms with Crippen molar-refractivity contribution in [3.63, 3.8) is 0 Å². The standard InChI is InChI=1S/C34H44F2O8/c1-23(21-37)33(39)43-16-14-41-30-18-29(19-31(20-30)42-15-17-44-34(40)24(2)22-38)28-12-10-27(11-13-28)26-8-6-25(7-9-26)4-3-5-32(35)36/h5,10,12,18,20,25-26,31,37-38H,1-4,6-9,11,13-17,19,21-22H2.